The highest BCUT2D eigenvalue weighted by Crippen LogP contribution is 2.50. The normalized spacial score (nSPS) is 31.7. The maximum Gasteiger partial charge on any atom is 0.331 e. The summed E-state index contributed by atoms with van der Waals surface area (Å²) in [5, 5.41) is 20.2. The molecule has 1 aliphatic heterocycles. The van der Waals surface area contributed by atoms with Crippen LogP contribution in [0.1, 0.15) is 18.4 Å². The highest BCUT2D eigenvalue weighted by Gasteiger charge is 2.62. The second-order valence-electron chi connectivity index (χ2n) is 7.09. The average Bonchev–Trinajstić information content (AvgIpc) is 3.13. The molecule has 0 unspecified atom stereocenters. The lowest BCUT2D eigenvalue weighted by molar-refractivity contribution is -0.158. The van der Waals surface area contributed by atoms with Crippen LogP contribution in [-0.4, -0.2) is 61.0 Å². The number of hydrogen-bond acceptors (Lipinski definition) is 8. The van der Waals surface area contributed by atoms with Crippen LogP contribution < -0.4 is 0 Å². The van der Waals surface area contributed by atoms with Gasteiger partial charge in [-0.25, -0.2) is 4.79 Å². The maximum absolute atomic E-state index is 12.3. The van der Waals surface area contributed by atoms with Crippen LogP contribution in [0.25, 0.3) is 6.08 Å². The molecule has 28 heavy (non-hydrogen) atoms. The summed E-state index contributed by atoms with van der Waals surface area (Å²) in [6.45, 7) is 0.0469. The van der Waals surface area contributed by atoms with Gasteiger partial charge in [-0.3, -0.25) is 4.79 Å². The lowest BCUT2D eigenvalue weighted by atomic mass is 9.85. The van der Waals surface area contributed by atoms with Gasteiger partial charge in [-0.2, -0.15) is 0 Å². The molecule has 0 aromatic heterocycles. The van der Waals surface area contributed by atoms with Gasteiger partial charge in [0.1, 0.15) is 11.9 Å². The molecule has 1 aliphatic carbocycles. The molecule has 1 heterocycles. The van der Waals surface area contributed by atoms with Gasteiger partial charge in [0.25, 0.3) is 0 Å². The van der Waals surface area contributed by atoms with E-state index in [-0.39, 0.29) is 25.2 Å². The van der Waals surface area contributed by atoms with Crippen molar-refractivity contribution in [1.29, 1.82) is 0 Å². The van der Waals surface area contributed by atoms with E-state index in [9.17, 15) is 19.8 Å². The Hall–Kier alpha value is -2.42. The predicted molar refractivity (Wildman–Crippen MR) is 96.9 cm³/mol. The van der Waals surface area contributed by atoms with E-state index < -0.39 is 41.8 Å². The molecule has 152 valence electrons. The third-order valence-electron chi connectivity index (χ3n) is 5.34. The number of fused-ring (bicyclic) bond motifs is 1. The van der Waals surface area contributed by atoms with Crippen molar-refractivity contribution in [1.82, 2.24) is 0 Å². The number of carbonyl (C=O) groups is 2. The lowest BCUT2D eigenvalue weighted by Gasteiger charge is -2.27. The van der Waals surface area contributed by atoms with Gasteiger partial charge in [-0.05, 0) is 23.8 Å². The first-order valence-corrected chi connectivity index (χ1v) is 8.97. The molecule has 0 amide bonds. The van der Waals surface area contributed by atoms with E-state index in [4.69, 9.17) is 18.9 Å². The summed E-state index contributed by atoms with van der Waals surface area (Å²) in [6.07, 6.45) is 1.60. The summed E-state index contributed by atoms with van der Waals surface area (Å²) in [5.41, 5.74) is -0.513. The summed E-state index contributed by atoms with van der Waals surface area (Å²) < 4.78 is 21.1. The third-order valence-corrected chi connectivity index (χ3v) is 5.34. The van der Waals surface area contributed by atoms with Crippen molar-refractivity contribution < 1.29 is 38.7 Å². The Balaban J connectivity index is 1.72. The zero-order valence-electron chi connectivity index (χ0n) is 15.7. The minimum Gasteiger partial charge on any atom is -0.508 e. The van der Waals surface area contributed by atoms with E-state index in [2.05, 4.69) is 0 Å². The largest absolute Gasteiger partial charge is 0.508 e. The second-order valence-corrected chi connectivity index (χ2v) is 7.09. The molecule has 1 saturated carbocycles. The zero-order valence-corrected chi connectivity index (χ0v) is 15.7. The Morgan fingerprint density at radius 1 is 1.29 bits per heavy atom. The van der Waals surface area contributed by atoms with E-state index in [0.29, 0.717) is 0 Å². The van der Waals surface area contributed by atoms with Gasteiger partial charge in [0.15, 0.2) is 6.29 Å². The highest BCUT2D eigenvalue weighted by molar-refractivity contribution is 5.87. The molecule has 1 saturated heterocycles. The van der Waals surface area contributed by atoms with Gasteiger partial charge in [-0.1, -0.05) is 12.1 Å². The molecule has 2 fully saturated rings. The van der Waals surface area contributed by atoms with Crippen molar-refractivity contribution >= 4 is 18.0 Å². The van der Waals surface area contributed by atoms with E-state index in [1.807, 2.05) is 0 Å². The first kappa shape index (κ1) is 20.3. The van der Waals surface area contributed by atoms with E-state index in [1.54, 1.807) is 18.2 Å². The number of hydrogen-bond donors (Lipinski definition) is 2. The number of methoxy groups -OCH3 is 2. The number of rotatable bonds is 6. The summed E-state index contributed by atoms with van der Waals surface area (Å²) in [5.74, 6) is -1.92. The van der Waals surface area contributed by atoms with Gasteiger partial charge >= 0.3 is 11.9 Å². The zero-order chi connectivity index (χ0) is 20.3. The monoisotopic (exact) mass is 392 g/mol. The topological polar surface area (TPSA) is 112 Å². The summed E-state index contributed by atoms with van der Waals surface area (Å²) in [4.78, 5) is 24.2. The number of benzene rings is 1. The molecule has 2 N–H and O–H groups in total. The Morgan fingerprint density at radius 2 is 2.00 bits per heavy atom. The second kappa shape index (κ2) is 8.30. The number of aromatic hydroxyl groups is 1. The lowest BCUT2D eigenvalue weighted by Crippen LogP contribution is -2.38. The van der Waals surface area contributed by atoms with Crippen molar-refractivity contribution in [3.63, 3.8) is 0 Å². The Kier molecular flexibility index (Phi) is 6.02. The molecule has 1 aromatic carbocycles. The average molecular weight is 392 g/mol. The quantitative estimate of drug-likeness (QED) is 0.550. The number of ether oxygens (including phenoxy) is 4. The molecule has 2 aliphatic rings. The third kappa shape index (κ3) is 4.19. The minimum absolute atomic E-state index is 0.0215. The van der Waals surface area contributed by atoms with Crippen molar-refractivity contribution in [2.75, 3.05) is 20.8 Å². The van der Waals surface area contributed by atoms with Crippen LogP contribution in [-0.2, 0) is 28.5 Å². The minimum atomic E-state index is -1.23. The Bertz CT molecular complexity index is 743. The van der Waals surface area contributed by atoms with Crippen LogP contribution in [0.2, 0.25) is 0 Å². The Labute approximate surface area is 162 Å². The van der Waals surface area contributed by atoms with E-state index >= 15 is 0 Å². The van der Waals surface area contributed by atoms with Crippen molar-refractivity contribution in [3.8, 4) is 5.75 Å². The van der Waals surface area contributed by atoms with Gasteiger partial charge in [0.05, 0.1) is 25.7 Å². The van der Waals surface area contributed by atoms with Crippen LogP contribution >= 0.6 is 0 Å². The molecule has 0 bridgehead atoms. The molecule has 3 rings (SSSR count). The van der Waals surface area contributed by atoms with Crippen LogP contribution in [0.3, 0.4) is 0 Å². The molecule has 8 heteroatoms. The number of phenols is 1. The molecular formula is C20H24O8. The van der Waals surface area contributed by atoms with Gasteiger partial charge in [-0.15, -0.1) is 0 Å². The fourth-order valence-electron chi connectivity index (χ4n) is 4.02. The summed E-state index contributed by atoms with van der Waals surface area (Å²) in [7, 11) is 2.75. The predicted octanol–water partition coefficient (Wildman–Crippen LogP) is 1.25. The molecule has 8 nitrogen and oxygen atoms in total. The summed E-state index contributed by atoms with van der Waals surface area (Å²) >= 11 is 0. The first-order valence-electron chi connectivity index (χ1n) is 8.97. The standard InChI is InChI=1S/C20H24O8/c1-25-17(23)9-14-15(10-20(24)11-27-19(26-2)18(14)20)28-16(22)8-5-12-3-6-13(21)7-4-12/h3-8,14-15,18-19,21,24H,9-11H2,1-2H3/t14-,15+,18+,19-,20+/m0/s1. The summed E-state index contributed by atoms with van der Waals surface area (Å²) in [6, 6.07) is 6.33. The van der Waals surface area contributed by atoms with Crippen molar-refractivity contribution in [2.45, 2.75) is 30.8 Å². The number of carbonyl (C=O) groups excluding carboxylic acids is 2. The highest BCUT2D eigenvalue weighted by atomic mass is 16.7. The maximum atomic E-state index is 12.3. The van der Waals surface area contributed by atoms with Crippen LogP contribution in [0, 0.1) is 11.8 Å². The number of aliphatic hydroxyl groups is 1. The van der Waals surface area contributed by atoms with Crippen molar-refractivity contribution in [3.05, 3.63) is 35.9 Å². The smallest absolute Gasteiger partial charge is 0.331 e. The molecule has 0 spiro atoms. The van der Waals surface area contributed by atoms with Crippen LogP contribution in [0.4, 0.5) is 0 Å². The van der Waals surface area contributed by atoms with E-state index in [1.165, 1.54) is 32.4 Å². The first-order chi connectivity index (χ1) is 13.4. The molecule has 1 aromatic rings. The van der Waals surface area contributed by atoms with Gasteiger partial charge < -0.3 is 29.2 Å². The number of phenolic OH excluding ortho intramolecular Hbond substituents is 1. The van der Waals surface area contributed by atoms with Crippen LogP contribution in [0.5, 0.6) is 5.75 Å². The fraction of sp³-hybridized carbons (Fsp3) is 0.500. The number of esters is 2. The molecule has 0 radical (unpaired) electrons. The fourth-order valence-corrected chi connectivity index (χ4v) is 4.02. The Morgan fingerprint density at radius 3 is 2.64 bits per heavy atom. The van der Waals surface area contributed by atoms with Gasteiger partial charge in [0, 0.05) is 31.4 Å². The van der Waals surface area contributed by atoms with Gasteiger partial charge in [0.2, 0.25) is 0 Å². The van der Waals surface area contributed by atoms with Crippen molar-refractivity contribution in [2.24, 2.45) is 11.8 Å². The van der Waals surface area contributed by atoms with E-state index in [0.717, 1.165) is 5.56 Å². The molecular weight excluding hydrogens is 368 g/mol. The van der Waals surface area contributed by atoms with Crippen LogP contribution in [0.15, 0.2) is 30.3 Å². The SMILES string of the molecule is COC(=O)C[C@@H]1[C@@H]2[C@@H](OC)OC[C@]2(O)C[C@H]1OC(=O)C=Cc1ccc(O)cc1. The molecule has 5 atom stereocenters.